The summed E-state index contributed by atoms with van der Waals surface area (Å²) in [5.41, 5.74) is 2.17. The van der Waals surface area contributed by atoms with Gasteiger partial charge in [0.15, 0.2) is 0 Å². The van der Waals surface area contributed by atoms with E-state index < -0.39 is 5.97 Å². The van der Waals surface area contributed by atoms with Crippen molar-refractivity contribution in [2.75, 3.05) is 0 Å². The Morgan fingerprint density at radius 1 is 1.50 bits per heavy atom. The topological polar surface area (TPSA) is 37.3 Å². The van der Waals surface area contributed by atoms with Crippen LogP contribution >= 0.6 is 11.3 Å². The van der Waals surface area contributed by atoms with E-state index in [1.54, 1.807) is 11.3 Å². The van der Waals surface area contributed by atoms with E-state index in [1.807, 2.05) is 17.5 Å². The Labute approximate surface area is 86.2 Å². The van der Waals surface area contributed by atoms with Crippen LogP contribution in [0.15, 0.2) is 35.2 Å². The summed E-state index contributed by atoms with van der Waals surface area (Å²) in [6.45, 7) is 0. The third-order valence-corrected chi connectivity index (χ3v) is 3.13. The van der Waals surface area contributed by atoms with Gasteiger partial charge in [0, 0.05) is 11.0 Å². The van der Waals surface area contributed by atoms with Gasteiger partial charge in [0.1, 0.15) is 0 Å². The molecule has 0 saturated carbocycles. The summed E-state index contributed by atoms with van der Waals surface area (Å²) in [6.07, 6.45) is 5.08. The molecule has 1 heterocycles. The van der Waals surface area contributed by atoms with Crippen LogP contribution in [-0.4, -0.2) is 11.1 Å². The standard InChI is InChI=1S/C11H10O2S/c12-11(13)7-8-3-4-9(6-8)10-2-1-5-14-10/h1-2,5-7H,3-4H2,(H,12,13)/b8-7+. The van der Waals surface area contributed by atoms with Crippen LogP contribution in [0.25, 0.3) is 5.57 Å². The molecule has 0 radical (unpaired) electrons. The molecule has 0 fully saturated rings. The highest BCUT2D eigenvalue weighted by molar-refractivity contribution is 7.11. The molecule has 0 atom stereocenters. The quantitative estimate of drug-likeness (QED) is 0.755. The van der Waals surface area contributed by atoms with Crippen molar-refractivity contribution in [2.45, 2.75) is 12.8 Å². The molecule has 72 valence electrons. The maximum atomic E-state index is 10.4. The zero-order chi connectivity index (χ0) is 9.97. The molecule has 0 amide bonds. The normalized spacial score (nSPS) is 18.6. The van der Waals surface area contributed by atoms with E-state index in [9.17, 15) is 4.79 Å². The monoisotopic (exact) mass is 206 g/mol. The number of carboxylic acids is 1. The third-order valence-electron chi connectivity index (χ3n) is 2.19. The molecule has 0 aromatic carbocycles. The molecular weight excluding hydrogens is 196 g/mol. The molecule has 1 aromatic heterocycles. The van der Waals surface area contributed by atoms with E-state index in [2.05, 4.69) is 6.07 Å². The largest absolute Gasteiger partial charge is 0.478 e. The van der Waals surface area contributed by atoms with Crippen molar-refractivity contribution in [3.63, 3.8) is 0 Å². The van der Waals surface area contributed by atoms with Crippen molar-refractivity contribution in [3.05, 3.63) is 40.1 Å². The molecule has 2 nitrogen and oxygen atoms in total. The van der Waals surface area contributed by atoms with Crippen LogP contribution in [-0.2, 0) is 4.79 Å². The van der Waals surface area contributed by atoms with Gasteiger partial charge in [0.05, 0.1) is 0 Å². The van der Waals surface area contributed by atoms with Crippen molar-refractivity contribution in [1.29, 1.82) is 0 Å². The highest BCUT2D eigenvalue weighted by Gasteiger charge is 2.12. The minimum absolute atomic E-state index is 0.847. The molecule has 3 heteroatoms. The minimum atomic E-state index is -0.858. The molecule has 1 aromatic rings. The van der Waals surface area contributed by atoms with Gasteiger partial charge >= 0.3 is 5.97 Å². The Hall–Kier alpha value is -1.35. The van der Waals surface area contributed by atoms with Crippen LogP contribution < -0.4 is 0 Å². The molecular formula is C11H10O2S. The molecule has 0 saturated heterocycles. The molecule has 1 aliphatic rings. The molecule has 2 rings (SSSR count). The number of aliphatic carboxylic acids is 1. The molecule has 0 aliphatic heterocycles. The Kier molecular flexibility index (Phi) is 2.50. The van der Waals surface area contributed by atoms with E-state index in [1.165, 1.54) is 16.5 Å². The van der Waals surface area contributed by atoms with Gasteiger partial charge in [-0.1, -0.05) is 12.1 Å². The highest BCUT2D eigenvalue weighted by Crippen LogP contribution is 2.33. The van der Waals surface area contributed by atoms with Crippen LogP contribution in [0.1, 0.15) is 17.7 Å². The molecule has 1 N–H and O–H groups in total. The second-order valence-electron chi connectivity index (χ2n) is 3.20. The van der Waals surface area contributed by atoms with Crippen LogP contribution in [0.4, 0.5) is 0 Å². The van der Waals surface area contributed by atoms with E-state index >= 15 is 0 Å². The number of rotatable bonds is 2. The average molecular weight is 206 g/mol. The highest BCUT2D eigenvalue weighted by atomic mass is 32.1. The molecule has 1 aliphatic carbocycles. The second-order valence-corrected chi connectivity index (χ2v) is 4.15. The first-order valence-corrected chi connectivity index (χ1v) is 5.31. The summed E-state index contributed by atoms with van der Waals surface area (Å²) in [6, 6.07) is 4.08. The Morgan fingerprint density at radius 2 is 2.36 bits per heavy atom. The first kappa shape index (κ1) is 9.21. The maximum Gasteiger partial charge on any atom is 0.328 e. The van der Waals surface area contributed by atoms with Crippen molar-refractivity contribution >= 4 is 22.9 Å². The van der Waals surface area contributed by atoms with Crippen molar-refractivity contribution < 1.29 is 9.90 Å². The van der Waals surface area contributed by atoms with Gasteiger partial charge < -0.3 is 5.11 Å². The molecule has 0 spiro atoms. The zero-order valence-electron chi connectivity index (χ0n) is 7.56. The van der Waals surface area contributed by atoms with E-state index in [4.69, 9.17) is 5.11 Å². The maximum absolute atomic E-state index is 10.4. The van der Waals surface area contributed by atoms with Crippen LogP contribution in [0, 0.1) is 0 Å². The predicted molar refractivity (Wildman–Crippen MR) is 57.2 cm³/mol. The summed E-state index contributed by atoms with van der Waals surface area (Å²) in [5, 5.41) is 10.6. The van der Waals surface area contributed by atoms with Gasteiger partial charge in [-0.25, -0.2) is 4.79 Å². The Balaban J connectivity index is 2.22. The lowest BCUT2D eigenvalue weighted by Crippen LogP contribution is -1.88. The lowest BCUT2D eigenvalue weighted by Gasteiger charge is -1.92. The van der Waals surface area contributed by atoms with Gasteiger partial charge in [-0.05, 0) is 35.4 Å². The fourth-order valence-electron chi connectivity index (χ4n) is 1.58. The lowest BCUT2D eigenvalue weighted by molar-refractivity contribution is -0.131. The van der Waals surface area contributed by atoms with Gasteiger partial charge in [-0.3, -0.25) is 0 Å². The van der Waals surface area contributed by atoms with E-state index in [0.717, 1.165) is 18.4 Å². The van der Waals surface area contributed by atoms with Crippen LogP contribution in [0.5, 0.6) is 0 Å². The lowest BCUT2D eigenvalue weighted by atomic mass is 10.2. The zero-order valence-corrected chi connectivity index (χ0v) is 8.38. The number of carbonyl (C=O) groups is 1. The fourth-order valence-corrected chi connectivity index (χ4v) is 2.35. The average Bonchev–Trinajstić information content (AvgIpc) is 2.69. The smallest absolute Gasteiger partial charge is 0.328 e. The van der Waals surface area contributed by atoms with Gasteiger partial charge in [-0.2, -0.15) is 0 Å². The minimum Gasteiger partial charge on any atom is -0.478 e. The van der Waals surface area contributed by atoms with Crippen molar-refractivity contribution in [1.82, 2.24) is 0 Å². The SMILES string of the molecule is O=C(O)/C=C1/C=C(c2cccs2)CC1. The summed E-state index contributed by atoms with van der Waals surface area (Å²) in [5.74, 6) is -0.858. The summed E-state index contributed by atoms with van der Waals surface area (Å²) in [4.78, 5) is 11.7. The number of hydrogen-bond donors (Lipinski definition) is 1. The van der Waals surface area contributed by atoms with Crippen LogP contribution in [0.3, 0.4) is 0 Å². The van der Waals surface area contributed by atoms with Crippen molar-refractivity contribution in [2.24, 2.45) is 0 Å². The molecule has 0 unspecified atom stereocenters. The van der Waals surface area contributed by atoms with E-state index in [-0.39, 0.29) is 0 Å². The van der Waals surface area contributed by atoms with Gasteiger partial charge in [-0.15, -0.1) is 11.3 Å². The van der Waals surface area contributed by atoms with Crippen LogP contribution in [0.2, 0.25) is 0 Å². The summed E-state index contributed by atoms with van der Waals surface area (Å²) >= 11 is 1.70. The first-order chi connectivity index (χ1) is 6.75. The number of allylic oxidation sites excluding steroid dienone is 3. The number of carboxylic acid groups (broad SMARTS) is 1. The Bertz CT molecular complexity index is 399. The number of thiophene rings is 1. The fraction of sp³-hybridized carbons (Fsp3) is 0.182. The van der Waals surface area contributed by atoms with E-state index in [0.29, 0.717) is 0 Å². The number of hydrogen-bond acceptors (Lipinski definition) is 2. The predicted octanol–water partition coefficient (Wildman–Crippen LogP) is 2.94. The van der Waals surface area contributed by atoms with Gasteiger partial charge in [0.25, 0.3) is 0 Å². The second kappa shape index (κ2) is 3.80. The summed E-state index contributed by atoms with van der Waals surface area (Å²) in [7, 11) is 0. The first-order valence-electron chi connectivity index (χ1n) is 4.43. The summed E-state index contributed by atoms with van der Waals surface area (Å²) < 4.78 is 0. The van der Waals surface area contributed by atoms with Gasteiger partial charge in [0.2, 0.25) is 0 Å². The van der Waals surface area contributed by atoms with Crippen molar-refractivity contribution in [3.8, 4) is 0 Å². The Morgan fingerprint density at radius 3 is 3.00 bits per heavy atom. The molecule has 14 heavy (non-hydrogen) atoms. The molecule has 0 bridgehead atoms. The third kappa shape index (κ3) is 1.93.